The van der Waals surface area contributed by atoms with Crippen LogP contribution in [0.15, 0.2) is 35.1 Å². The Bertz CT molecular complexity index is 1040. The zero-order valence-electron chi connectivity index (χ0n) is 18.3. The Balaban J connectivity index is 1.36. The molecule has 0 unspecified atom stereocenters. The van der Waals surface area contributed by atoms with E-state index in [1.807, 2.05) is 4.90 Å². The molecule has 3 amide bonds. The number of aromatic nitrogens is 1. The van der Waals surface area contributed by atoms with Crippen LogP contribution < -0.4 is 25.9 Å². The predicted molar refractivity (Wildman–Crippen MR) is 124 cm³/mol. The molecule has 0 spiro atoms. The summed E-state index contributed by atoms with van der Waals surface area (Å²) in [4.78, 5) is 27.9. The molecule has 3 heterocycles. The molecule has 34 heavy (non-hydrogen) atoms. The Labute approximate surface area is 199 Å². The fourth-order valence-electron chi connectivity index (χ4n) is 3.63. The van der Waals surface area contributed by atoms with Crippen LogP contribution in [0.5, 0.6) is 0 Å². The van der Waals surface area contributed by atoms with Gasteiger partial charge in [-0.25, -0.2) is 19.4 Å². The van der Waals surface area contributed by atoms with Crippen LogP contribution in [0.3, 0.4) is 0 Å². The number of amides is 3. The van der Waals surface area contributed by atoms with Crippen LogP contribution >= 0.6 is 12.2 Å². The molecule has 0 radical (unpaired) electrons. The molecule has 0 saturated carbocycles. The highest BCUT2D eigenvalue weighted by Crippen LogP contribution is 2.28. The van der Waals surface area contributed by atoms with Gasteiger partial charge in [-0.15, -0.1) is 0 Å². The lowest BCUT2D eigenvalue weighted by atomic mass is 10.2. The van der Waals surface area contributed by atoms with Gasteiger partial charge >= 0.3 is 12.1 Å². The van der Waals surface area contributed by atoms with E-state index >= 15 is 4.39 Å². The van der Waals surface area contributed by atoms with Crippen LogP contribution in [-0.4, -0.2) is 79.9 Å². The summed E-state index contributed by atoms with van der Waals surface area (Å²) < 4.78 is 29.9. The summed E-state index contributed by atoms with van der Waals surface area (Å²) in [6.45, 7) is 2.14. The van der Waals surface area contributed by atoms with Gasteiger partial charge in [-0.05, 0) is 30.4 Å². The Morgan fingerprint density at radius 3 is 2.94 bits per heavy atom. The minimum Gasteiger partial charge on any atom is -0.474 e. The van der Waals surface area contributed by atoms with E-state index in [0.717, 1.165) is 0 Å². The minimum atomic E-state index is -0.560. The lowest BCUT2D eigenvalue weighted by molar-refractivity contribution is 0.142. The highest BCUT2D eigenvalue weighted by Gasteiger charge is 2.33. The predicted octanol–water partition coefficient (Wildman–Crippen LogP) is 1.52. The maximum absolute atomic E-state index is 15.1. The number of anilines is 3. The number of nitrogens with zero attached hydrogens (tertiary/aromatic N) is 4. The average Bonchev–Trinajstić information content (AvgIpc) is 3.40. The van der Waals surface area contributed by atoms with Crippen molar-refractivity contribution in [3.8, 4) is 0 Å². The van der Waals surface area contributed by atoms with Crippen molar-refractivity contribution in [2.75, 3.05) is 61.5 Å². The van der Waals surface area contributed by atoms with Gasteiger partial charge in [0, 0.05) is 25.7 Å². The van der Waals surface area contributed by atoms with Crippen molar-refractivity contribution in [2.24, 2.45) is 0 Å². The molecule has 2 fully saturated rings. The third-order valence-electron chi connectivity index (χ3n) is 5.31. The average molecular weight is 494 g/mol. The number of carbonyl (C=O) groups is 2. The van der Waals surface area contributed by atoms with Crippen molar-refractivity contribution in [1.82, 2.24) is 20.9 Å². The SMILES string of the molecule is COC(=S)NC[C@H]1CN(c2ccc(N3CCNN(C(=O)Nc4ccon4)CC3)c(F)c2)C(=O)O1. The van der Waals surface area contributed by atoms with E-state index in [-0.39, 0.29) is 18.3 Å². The maximum atomic E-state index is 15.1. The molecule has 12 nitrogen and oxygen atoms in total. The van der Waals surface area contributed by atoms with E-state index in [1.54, 1.807) is 12.1 Å². The van der Waals surface area contributed by atoms with E-state index in [2.05, 4.69) is 21.2 Å². The van der Waals surface area contributed by atoms with Gasteiger partial charge in [0.1, 0.15) is 18.2 Å². The standard InChI is InChI=1S/C20H24FN7O5S/c1-31-19(34)22-11-14-12-27(20(30)33-14)13-2-3-16(15(21)10-13)26-6-5-23-28(8-7-26)18(29)24-17-4-9-32-25-17/h2-4,9-10,14,23H,5-8,11-12H2,1H3,(H,22,34)(H,24,25,29)/t14-/m0/s1. The Hall–Kier alpha value is -3.65. The number of ether oxygens (including phenoxy) is 2. The van der Waals surface area contributed by atoms with Crippen molar-refractivity contribution < 1.29 is 28.0 Å². The third-order valence-corrected chi connectivity index (χ3v) is 5.62. The fraction of sp³-hybridized carbons (Fsp3) is 0.400. The van der Waals surface area contributed by atoms with Gasteiger partial charge in [-0.1, -0.05) is 5.16 Å². The molecule has 0 aliphatic carbocycles. The first kappa shape index (κ1) is 23.5. The first-order valence-electron chi connectivity index (χ1n) is 10.5. The Morgan fingerprint density at radius 2 is 2.21 bits per heavy atom. The number of carbonyl (C=O) groups excluding carboxylic acids is 2. The van der Waals surface area contributed by atoms with Crippen LogP contribution in [0.4, 0.5) is 31.2 Å². The minimum absolute atomic E-state index is 0.200. The molecule has 1 aromatic heterocycles. The van der Waals surface area contributed by atoms with Crippen LogP contribution in [0.2, 0.25) is 0 Å². The number of hydrazine groups is 1. The van der Waals surface area contributed by atoms with E-state index in [9.17, 15) is 9.59 Å². The highest BCUT2D eigenvalue weighted by molar-refractivity contribution is 7.80. The number of thiocarbonyl (C=S) groups is 1. The molecule has 3 N–H and O–H groups in total. The molecule has 14 heteroatoms. The maximum Gasteiger partial charge on any atom is 0.414 e. The number of hydrogen-bond acceptors (Lipinski definition) is 9. The topological polar surface area (TPSA) is 124 Å². The van der Waals surface area contributed by atoms with Gasteiger partial charge in [0.2, 0.25) is 0 Å². The molecule has 2 aliphatic heterocycles. The van der Waals surface area contributed by atoms with Crippen LogP contribution in [0, 0.1) is 5.82 Å². The summed E-state index contributed by atoms with van der Waals surface area (Å²) in [6.07, 6.45) is 0.347. The van der Waals surface area contributed by atoms with Crippen LogP contribution in [0.25, 0.3) is 0 Å². The fourth-order valence-corrected chi connectivity index (χ4v) is 3.71. The number of hydrogen-bond donors (Lipinski definition) is 3. The normalized spacial score (nSPS) is 18.4. The molecular formula is C20H24FN7O5S. The number of nitrogens with one attached hydrogen (secondary N) is 3. The second kappa shape index (κ2) is 10.5. The van der Waals surface area contributed by atoms with E-state index < -0.39 is 24.0 Å². The van der Waals surface area contributed by atoms with E-state index in [4.69, 9.17) is 26.2 Å². The van der Waals surface area contributed by atoms with E-state index in [0.29, 0.717) is 43.4 Å². The molecular weight excluding hydrogens is 469 g/mol. The molecule has 0 bridgehead atoms. The summed E-state index contributed by atoms with van der Waals surface area (Å²) >= 11 is 4.91. The van der Waals surface area contributed by atoms with Crippen molar-refractivity contribution in [3.63, 3.8) is 0 Å². The first-order chi connectivity index (χ1) is 16.4. The number of methoxy groups -OCH3 is 1. The summed E-state index contributed by atoms with van der Waals surface area (Å²) in [6, 6.07) is 5.73. The Morgan fingerprint density at radius 1 is 1.35 bits per heavy atom. The second-order valence-electron chi connectivity index (χ2n) is 7.49. The molecule has 2 aliphatic rings. The van der Waals surface area contributed by atoms with Gasteiger partial charge in [0.15, 0.2) is 5.82 Å². The smallest absolute Gasteiger partial charge is 0.414 e. The monoisotopic (exact) mass is 493 g/mol. The lowest BCUT2D eigenvalue weighted by Gasteiger charge is -2.24. The molecule has 1 atom stereocenters. The first-order valence-corrected chi connectivity index (χ1v) is 10.9. The van der Waals surface area contributed by atoms with Gasteiger partial charge in [-0.2, -0.15) is 0 Å². The zero-order chi connectivity index (χ0) is 24.1. The van der Waals surface area contributed by atoms with E-state index in [1.165, 1.54) is 35.4 Å². The summed E-state index contributed by atoms with van der Waals surface area (Å²) in [5.41, 5.74) is 3.78. The summed E-state index contributed by atoms with van der Waals surface area (Å²) in [7, 11) is 1.44. The molecule has 4 rings (SSSR count). The molecule has 2 saturated heterocycles. The van der Waals surface area contributed by atoms with Crippen molar-refractivity contribution >= 4 is 46.7 Å². The summed E-state index contributed by atoms with van der Waals surface area (Å²) in [5, 5.41) is 10.7. The van der Waals surface area contributed by atoms with Crippen LogP contribution in [-0.2, 0) is 9.47 Å². The molecule has 2 aromatic rings. The highest BCUT2D eigenvalue weighted by atomic mass is 32.1. The number of benzene rings is 1. The number of urea groups is 1. The molecule has 182 valence electrons. The third kappa shape index (κ3) is 5.46. The second-order valence-corrected chi connectivity index (χ2v) is 7.86. The van der Waals surface area contributed by atoms with Crippen LogP contribution in [0.1, 0.15) is 0 Å². The lowest BCUT2D eigenvalue weighted by Crippen LogP contribution is -2.46. The molecule has 1 aromatic carbocycles. The van der Waals surface area contributed by atoms with Gasteiger partial charge in [-0.3, -0.25) is 15.2 Å². The Kier molecular flexibility index (Phi) is 7.27. The largest absolute Gasteiger partial charge is 0.474 e. The number of cyclic esters (lactones) is 1. The number of halogens is 1. The van der Waals surface area contributed by atoms with Crippen molar-refractivity contribution in [3.05, 3.63) is 36.3 Å². The quantitative estimate of drug-likeness (QED) is 0.528. The zero-order valence-corrected chi connectivity index (χ0v) is 19.1. The van der Waals surface area contributed by atoms with Crippen molar-refractivity contribution in [1.29, 1.82) is 0 Å². The number of rotatable bonds is 5. The van der Waals surface area contributed by atoms with Crippen molar-refractivity contribution in [2.45, 2.75) is 6.10 Å². The van der Waals surface area contributed by atoms with Gasteiger partial charge in [0.25, 0.3) is 5.17 Å². The van der Waals surface area contributed by atoms with Gasteiger partial charge < -0.3 is 24.2 Å². The summed E-state index contributed by atoms with van der Waals surface area (Å²) in [5.74, 6) is -0.178. The van der Waals surface area contributed by atoms with Gasteiger partial charge in [0.05, 0.1) is 38.1 Å².